The van der Waals surface area contributed by atoms with Gasteiger partial charge in [0.25, 0.3) is 0 Å². The fraction of sp³-hybridized carbons (Fsp3) is 0.308. The van der Waals surface area contributed by atoms with Gasteiger partial charge in [0, 0.05) is 0 Å². The minimum Gasteiger partial charge on any atom is -0.443 e. The summed E-state index contributed by atoms with van der Waals surface area (Å²) in [5.41, 5.74) is 1.15. The highest BCUT2D eigenvalue weighted by atomic mass is 16.5. The van der Waals surface area contributed by atoms with E-state index in [0.29, 0.717) is 12.5 Å². The highest BCUT2D eigenvalue weighted by molar-refractivity contribution is 5.13. The van der Waals surface area contributed by atoms with E-state index in [1.165, 1.54) is 0 Å². The van der Waals surface area contributed by atoms with Gasteiger partial charge in [0.2, 0.25) is 5.89 Å². The predicted octanol–water partition coefficient (Wildman–Crippen LogP) is 3.26. The first kappa shape index (κ1) is 10.9. The quantitative estimate of drug-likeness (QED) is 0.788. The van der Waals surface area contributed by atoms with Crippen molar-refractivity contribution in [2.75, 3.05) is 0 Å². The van der Waals surface area contributed by atoms with Crippen LogP contribution in [0.2, 0.25) is 0 Å². The van der Waals surface area contributed by atoms with E-state index in [4.69, 9.17) is 9.15 Å². The molecule has 1 atom stereocenters. The van der Waals surface area contributed by atoms with Gasteiger partial charge in [-0.05, 0) is 19.4 Å². The highest BCUT2D eigenvalue weighted by Gasteiger charge is 2.11. The standard InChI is InChI=1S/C13H15NO2/c1-10-8-14-13(16-10)11(2)15-9-12-6-4-3-5-7-12/h3-8,11H,9H2,1-2H3. The van der Waals surface area contributed by atoms with E-state index in [1.807, 2.05) is 44.2 Å². The second-order valence-electron chi connectivity index (χ2n) is 3.75. The molecule has 0 saturated carbocycles. The van der Waals surface area contributed by atoms with Crippen LogP contribution in [-0.4, -0.2) is 4.98 Å². The Bertz CT molecular complexity index is 436. The van der Waals surface area contributed by atoms with Crippen molar-refractivity contribution in [3.63, 3.8) is 0 Å². The zero-order valence-electron chi connectivity index (χ0n) is 9.51. The summed E-state index contributed by atoms with van der Waals surface area (Å²) in [6, 6.07) is 10.1. The lowest BCUT2D eigenvalue weighted by molar-refractivity contribution is 0.0341. The normalized spacial score (nSPS) is 12.6. The lowest BCUT2D eigenvalue weighted by Gasteiger charge is -2.09. The van der Waals surface area contributed by atoms with Gasteiger partial charge < -0.3 is 9.15 Å². The van der Waals surface area contributed by atoms with Crippen LogP contribution in [0.4, 0.5) is 0 Å². The minimum absolute atomic E-state index is 0.117. The Morgan fingerprint density at radius 1 is 1.31 bits per heavy atom. The molecule has 3 nitrogen and oxygen atoms in total. The molecule has 3 heteroatoms. The molecule has 0 aliphatic carbocycles. The van der Waals surface area contributed by atoms with Crippen LogP contribution in [0.5, 0.6) is 0 Å². The van der Waals surface area contributed by atoms with E-state index < -0.39 is 0 Å². The lowest BCUT2D eigenvalue weighted by atomic mass is 10.2. The van der Waals surface area contributed by atoms with Crippen LogP contribution >= 0.6 is 0 Å². The van der Waals surface area contributed by atoms with Crippen molar-refractivity contribution < 1.29 is 9.15 Å². The summed E-state index contributed by atoms with van der Waals surface area (Å²) in [6.45, 7) is 4.39. The number of aryl methyl sites for hydroxylation is 1. The fourth-order valence-electron chi connectivity index (χ4n) is 1.43. The molecule has 2 aromatic rings. The molecule has 0 fully saturated rings. The molecule has 1 heterocycles. The molecule has 0 saturated heterocycles. The molecular formula is C13H15NO2. The van der Waals surface area contributed by atoms with Crippen molar-refractivity contribution in [1.29, 1.82) is 0 Å². The van der Waals surface area contributed by atoms with Gasteiger partial charge in [-0.15, -0.1) is 0 Å². The number of rotatable bonds is 4. The Hall–Kier alpha value is -1.61. The third-order valence-electron chi connectivity index (χ3n) is 2.33. The van der Waals surface area contributed by atoms with Gasteiger partial charge in [-0.25, -0.2) is 4.98 Å². The second kappa shape index (κ2) is 4.94. The molecule has 1 unspecified atom stereocenters. The molecule has 0 aliphatic rings. The fourth-order valence-corrected chi connectivity index (χ4v) is 1.43. The van der Waals surface area contributed by atoms with Crippen molar-refractivity contribution in [2.45, 2.75) is 26.6 Å². The third-order valence-corrected chi connectivity index (χ3v) is 2.33. The topological polar surface area (TPSA) is 35.3 Å². The van der Waals surface area contributed by atoms with Gasteiger partial charge in [0.1, 0.15) is 11.9 Å². The minimum atomic E-state index is -0.117. The zero-order valence-corrected chi connectivity index (χ0v) is 9.51. The van der Waals surface area contributed by atoms with Crippen molar-refractivity contribution in [3.05, 3.63) is 53.7 Å². The first-order chi connectivity index (χ1) is 7.75. The number of oxazole rings is 1. The van der Waals surface area contributed by atoms with E-state index in [2.05, 4.69) is 4.98 Å². The average molecular weight is 217 g/mol. The van der Waals surface area contributed by atoms with Gasteiger partial charge in [-0.2, -0.15) is 0 Å². The maximum atomic E-state index is 5.67. The monoisotopic (exact) mass is 217 g/mol. The van der Waals surface area contributed by atoms with Crippen molar-refractivity contribution in [1.82, 2.24) is 4.98 Å². The second-order valence-corrected chi connectivity index (χ2v) is 3.75. The number of benzene rings is 1. The summed E-state index contributed by atoms with van der Waals surface area (Å²) < 4.78 is 11.1. The molecular weight excluding hydrogens is 202 g/mol. The maximum Gasteiger partial charge on any atom is 0.223 e. The van der Waals surface area contributed by atoms with Crippen molar-refractivity contribution in [3.8, 4) is 0 Å². The molecule has 0 radical (unpaired) electrons. The molecule has 84 valence electrons. The van der Waals surface area contributed by atoms with E-state index in [1.54, 1.807) is 6.20 Å². The summed E-state index contributed by atoms with van der Waals surface area (Å²) in [6.07, 6.45) is 1.59. The summed E-state index contributed by atoms with van der Waals surface area (Å²) in [5.74, 6) is 1.44. The number of aromatic nitrogens is 1. The Kier molecular flexibility index (Phi) is 3.37. The average Bonchev–Trinajstić information content (AvgIpc) is 2.74. The van der Waals surface area contributed by atoms with Gasteiger partial charge in [0.15, 0.2) is 0 Å². The van der Waals surface area contributed by atoms with E-state index >= 15 is 0 Å². The van der Waals surface area contributed by atoms with Crippen LogP contribution in [0.1, 0.15) is 30.2 Å². The Balaban J connectivity index is 1.91. The molecule has 1 aromatic heterocycles. The summed E-state index contributed by atoms with van der Waals surface area (Å²) in [4.78, 5) is 4.14. The number of nitrogens with zero attached hydrogens (tertiary/aromatic N) is 1. The SMILES string of the molecule is Cc1cnc(C(C)OCc2ccccc2)o1. The van der Waals surface area contributed by atoms with Crippen LogP contribution in [0.25, 0.3) is 0 Å². The first-order valence-corrected chi connectivity index (χ1v) is 5.33. The van der Waals surface area contributed by atoms with Crippen molar-refractivity contribution >= 4 is 0 Å². The number of hydrogen-bond acceptors (Lipinski definition) is 3. The van der Waals surface area contributed by atoms with Gasteiger partial charge in [0.05, 0.1) is 12.8 Å². The molecule has 1 aromatic carbocycles. The van der Waals surface area contributed by atoms with Gasteiger partial charge in [-0.1, -0.05) is 30.3 Å². The summed E-state index contributed by atoms with van der Waals surface area (Å²) in [5, 5.41) is 0. The molecule has 0 amide bonds. The van der Waals surface area contributed by atoms with Crippen LogP contribution in [0.15, 0.2) is 40.9 Å². The number of hydrogen-bond donors (Lipinski definition) is 0. The number of ether oxygens (including phenoxy) is 1. The lowest BCUT2D eigenvalue weighted by Crippen LogP contribution is -2.00. The molecule has 0 aliphatic heterocycles. The maximum absolute atomic E-state index is 5.67. The van der Waals surface area contributed by atoms with Crippen molar-refractivity contribution in [2.24, 2.45) is 0 Å². The Labute approximate surface area is 95.1 Å². The van der Waals surface area contributed by atoms with Crippen LogP contribution in [-0.2, 0) is 11.3 Å². The smallest absolute Gasteiger partial charge is 0.223 e. The molecule has 0 N–H and O–H groups in total. The molecule has 2 rings (SSSR count). The molecule has 16 heavy (non-hydrogen) atoms. The van der Waals surface area contributed by atoms with Gasteiger partial charge in [-0.3, -0.25) is 0 Å². The largest absolute Gasteiger partial charge is 0.443 e. The molecule has 0 bridgehead atoms. The van der Waals surface area contributed by atoms with E-state index in [-0.39, 0.29) is 6.10 Å². The summed E-state index contributed by atoms with van der Waals surface area (Å²) >= 11 is 0. The Morgan fingerprint density at radius 2 is 2.06 bits per heavy atom. The van der Waals surface area contributed by atoms with Gasteiger partial charge >= 0.3 is 0 Å². The summed E-state index contributed by atoms with van der Waals surface area (Å²) in [7, 11) is 0. The highest BCUT2D eigenvalue weighted by Crippen LogP contribution is 2.17. The Morgan fingerprint density at radius 3 is 2.69 bits per heavy atom. The molecule has 0 spiro atoms. The van der Waals surface area contributed by atoms with E-state index in [9.17, 15) is 0 Å². The van der Waals surface area contributed by atoms with Crippen LogP contribution in [0.3, 0.4) is 0 Å². The van der Waals surface area contributed by atoms with Crippen LogP contribution < -0.4 is 0 Å². The zero-order chi connectivity index (χ0) is 11.4. The predicted molar refractivity (Wildman–Crippen MR) is 60.9 cm³/mol. The van der Waals surface area contributed by atoms with Crippen LogP contribution in [0, 0.1) is 6.92 Å². The third kappa shape index (κ3) is 2.70. The van der Waals surface area contributed by atoms with E-state index in [0.717, 1.165) is 11.3 Å². The first-order valence-electron chi connectivity index (χ1n) is 5.33.